The number of rotatable bonds is 5. The lowest BCUT2D eigenvalue weighted by Crippen LogP contribution is -2.50. The number of hydrogen-bond donors (Lipinski definition) is 2. The Labute approximate surface area is 120 Å². The molecule has 0 aromatic rings. The molecule has 6 nitrogen and oxygen atoms in total. The fourth-order valence-corrected chi connectivity index (χ4v) is 4.78. The first kappa shape index (κ1) is 15.7. The highest BCUT2D eigenvalue weighted by Crippen LogP contribution is 2.28. The van der Waals surface area contributed by atoms with Crippen LogP contribution < -0.4 is 4.72 Å². The first-order chi connectivity index (χ1) is 9.40. The van der Waals surface area contributed by atoms with Gasteiger partial charge in [0, 0.05) is 19.1 Å². The van der Waals surface area contributed by atoms with E-state index in [1.165, 1.54) is 17.1 Å². The lowest BCUT2D eigenvalue weighted by Gasteiger charge is -2.31. The molecule has 20 heavy (non-hydrogen) atoms. The zero-order valence-corrected chi connectivity index (χ0v) is 12.7. The van der Waals surface area contributed by atoms with Gasteiger partial charge in [0.2, 0.25) is 0 Å². The van der Waals surface area contributed by atoms with Crippen LogP contribution in [0.1, 0.15) is 45.4 Å². The molecule has 1 aliphatic carbocycles. The molecule has 1 heterocycles. The number of carboxylic acids is 1. The van der Waals surface area contributed by atoms with Gasteiger partial charge < -0.3 is 5.11 Å². The number of aliphatic carboxylic acids is 1. The van der Waals surface area contributed by atoms with Crippen LogP contribution in [-0.2, 0) is 15.0 Å². The molecule has 0 aromatic carbocycles. The predicted octanol–water partition coefficient (Wildman–Crippen LogP) is 1.20. The molecule has 116 valence electrons. The fraction of sp³-hybridized carbons (Fsp3) is 0.923. The van der Waals surface area contributed by atoms with E-state index in [1.807, 2.05) is 6.92 Å². The monoisotopic (exact) mass is 304 g/mol. The molecule has 2 aliphatic rings. The zero-order chi connectivity index (χ0) is 14.8. The Morgan fingerprint density at radius 2 is 1.90 bits per heavy atom. The number of nitrogens with one attached hydrogen (secondary N) is 1. The van der Waals surface area contributed by atoms with Crippen LogP contribution in [0.5, 0.6) is 0 Å². The average Bonchev–Trinajstić information content (AvgIpc) is 2.92. The normalized spacial score (nSPS) is 27.6. The van der Waals surface area contributed by atoms with Crippen LogP contribution in [0.2, 0.25) is 0 Å². The van der Waals surface area contributed by atoms with Crippen molar-refractivity contribution in [3.05, 3.63) is 0 Å². The second kappa shape index (κ2) is 6.41. The SMILES string of the molecule is CC(NS(=O)(=O)N1CCCC(C(=O)O)C1)C1CCCC1. The molecule has 0 aromatic heterocycles. The summed E-state index contributed by atoms with van der Waals surface area (Å²) in [5.74, 6) is -1.08. The molecule has 7 heteroatoms. The number of carbonyl (C=O) groups is 1. The van der Waals surface area contributed by atoms with Crippen molar-refractivity contribution in [3.8, 4) is 0 Å². The van der Waals surface area contributed by atoms with Crippen LogP contribution in [0.25, 0.3) is 0 Å². The molecular weight excluding hydrogens is 280 g/mol. The first-order valence-electron chi connectivity index (χ1n) is 7.40. The summed E-state index contributed by atoms with van der Waals surface area (Å²) in [6, 6.07) is -0.0762. The Morgan fingerprint density at radius 3 is 2.50 bits per heavy atom. The van der Waals surface area contributed by atoms with Gasteiger partial charge in [-0.25, -0.2) is 0 Å². The van der Waals surface area contributed by atoms with E-state index in [0.29, 0.717) is 25.3 Å². The van der Waals surface area contributed by atoms with Crippen LogP contribution in [0.4, 0.5) is 0 Å². The third kappa shape index (κ3) is 3.71. The van der Waals surface area contributed by atoms with E-state index in [-0.39, 0.29) is 12.6 Å². The lowest BCUT2D eigenvalue weighted by atomic mass is 10.0. The van der Waals surface area contributed by atoms with Crippen LogP contribution in [-0.4, -0.2) is 42.9 Å². The van der Waals surface area contributed by atoms with Gasteiger partial charge in [0.05, 0.1) is 5.92 Å². The van der Waals surface area contributed by atoms with Crippen molar-refractivity contribution in [3.63, 3.8) is 0 Å². The van der Waals surface area contributed by atoms with Crippen LogP contribution in [0.3, 0.4) is 0 Å². The highest BCUT2D eigenvalue weighted by Gasteiger charge is 2.34. The molecule has 2 unspecified atom stereocenters. The van der Waals surface area contributed by atoms with Crippen molar-refractivity contribution in [2.24, 2.45) is 11.8 Å². The Morgan fingerprint density at radius 1 is 1.25 bits per heavy atom. The maximum Gasteiger partial charge on any atom is 0.307 e. The maximum absolute atomic E-state index is 12.3. The van der Waals surface area contributed by atoms with Gasteiger partial charge in [-0.05, 0) is 38.5 Å². The van der Waals surface area contributed by atoms with E-state index >= 15 is 0 Å². The summed E-state index contributed by atoms with van der Waals surface area (Å²) in [7, 11) is -3.57. The average molecular weight is 304 g/mol. The predicted molar refractivity (Wildman–Crippen MR) is 75.4 cm³/mol. The minimum Gasteiger partial charge on any atom is -0.481 e. The minimum atomic E-state index is -3.57. The molecular formula is C13H24N2O4S. The largest absolute Gasteiger partial charge is 0.481 e. The lowest BCUT2D eigenvalue weighted by molar-refractivity contribution is -0.142. The molecule has 2 rings (SSSR count). The summed E-state index contributed by atoms with van der Waals surface area (Å²) in [6.45, 7) is 2.41. The van der Waals surface area contributed by atoms with Crippen molar-refractivity contribution in [2.75, 3.05) is 13.1 Å². The molecule has 2 fully saturated rings. The summed E-state index contributed by atoms with van der Waals surface area (Å²) in [6.07, 6.45) is 5.64. The standard InChI is InChI=1S/C13H24N2O4S/c1-10(11-5-2-3-6-11)14-20(18,19)15-8-4-7-12(9-15)13(16)17/h10-12,14H,2-9H2,1H3,(H,16,17). The highest BCUT2D eigenvalue weighted by molar-refractivity contribution is 7.87. The topological polar surface area (TPSA) is 86.7 Å². The number of piperidine rings is 1. The van der Waals surface area contributed by atoms with Crippen LogP contribution >= 0.6 is 0 Å². The van der Waals surface area contributed by atoms with E-state index in [4.69, 9.17) is 5.11 Å². The Bertz CT molecular complexity index is 445. The van der Waals surface area contributed by atoms with Crippen molar-refractivity contribution >= 4 is 16.2 Å². The molecule has 0 amide bonds. The number of carboxylic acid groups (broad SMARTS) is 1. The van der Waals surface area contributed by atoms with Crippen molar-refractivity contribution in [1.29, 1.82) is 0 Å². The number of nitrogens with zero attached hydrogens (tertiary/aromatic N) is 1. The first-order valence-corrected chi connectivity index (χ1v) is 8.84. The molecule has 2 N–H and O–H groups in total. The van der Waals surface area contributed by atoms with Gasteiger partial charge in [0.25, 0.3) is 10.2 Å². The van der Waals surface area contributed by atoms with E-state index in [0.717, 1.165) is 12.8 Å². The molecule has 0 spiro atoms. The second-order valence-corrected chi connectivity index (χ2v) is 7.69. The third-order valence-corrected chi connectivity index (χ3v) is 6.20. The molecule has 1 aliphatic heterocycles. The maximum atomic E-state index is 12.3. The van der Waals surface area contributed by atoms with E-state index in [1.54, 1.807) is 0 Å². The smallest absolute Gasteiger partial charge is 0.307 e. The Hall–Kier alpha value is -0.660. The van der Waals surface area contributed by atoms with E-state index < -0.39 is 22.1 Å². The summed E-state index contributed by atoms with van der Waals surface area (Å²) >= 11 is 0. The van der Waals surface area contributed by atoms with Gasteiger partial charge >= 0.3 is 5.97 Å². The summed E-state index contributed by atoms with van der Waals surface area (Å²) < 4.78 is 28.7. The summed E-state index contributed by atoms with van der Waals surface area (Å²) in [4.78, 5) is 11.0. The van der Waals surface area contributed by atoms with Crippen molar-refractivity contribution in [2.45, 2.75) is 51.5 Å². The summed E-state index contributed by atoms with van der Waals surface area (Å²) in [5.41, 5.74) is 0. The van der Waals surface area contributed by atoms with Gasteiger partial charge in [-0.2, -0.15) is 17.4 Å². The molecule has 0 radical (unpaired) electrons. The Kier molecular flexibility index (Phi) is 5.04. The van der Waals surface area contributed by atoms with Gasteiger partial charge in [0.15, 0.2) is 0 Å². The highest BCUT2D eigenvalue weighted by atomic mass is 32.2. The fourth-order valence-electron chi connectivity index (χ4n) is 3.23. The van der Waals surface area contributed by atoms with Crippen molar-refractivity contribution in [1.82, 2.24) is 9.03 Å². The molecule has 0 bridgehead atoms. The van der Waals surface area contributed by atoms with Gasteiger partial charge in [-0.3, -0.25) is 4.79 Å². The van der Waals surface area contributed by atoms with E-state index in [9.17, 15) is 13.2 Å². The third-order valence-electron chi connectivity index (χ3n) is 4.52. The quantitative estimate of drug-likeness (QED) is 0.799. The van der Waals surface area contributed by atoms with Crippen LogP contribution in [0, 0.1) is 11.8 Å². The second-order valence-electron chi connectivity index (χ2n) is 5.99. The molecule has 2 atom stereocenters. The van der Waals surface area contributed by atoms with Gasteiger partial charge in [-0.15, -0.1) is 0 Å². The minimum absolute atomic E-state index is 0.0762. The van der Waals surface area contributed by atoms with E-state index in [2.05, 4.69) is 4.72 Å². The zero-order valence-electron chi connectivity index (χ0n) is 11.9. The molecule has 1 saturated heterocycles. The van der Waals surface area contributed by atoms with Gasteiger partial charge in [0.1, 0.15) is 0 Å². The van der Waals surface area contributed by atoms with Crippen LogP contribution in [0.15, 0.2) is 0 Å². The van der Waals surface area contributed by atoms with Gasteiger partial charge in [-0.1, -0.05) is 12.8 Å². The number of hydrogen-bond acceptors (Lipinski definition) is 3. The Balaban J connectivity index is 1.96. The summed E-state index contributed by atoms with van der Waals surface area (Å²) in [5, 5.41) is 9.03. The molecule has 1 saturated carbocycles. The van der Waals surface area contributed by atoms with Crippen molar-refractivity contribution < 1.29 is 18.3 Å².